The number of hydrogen-bond acceptors (Lipinski definition) is 1. The van der Waals surface area contributed by atoms with Crippen molar-refractivity contribution < 1.29 is 17.6 Å². The molecule has 1 saturated carbocycles. The molecule has 2 aliphatic rings. The van der Waals surface area contributed by atoms with Gasteiger partial charge in [0.25, 0.3) is 0 Å². The van der Waals surface area contributed by atoms with Crippen molar-refractivity contribution in [2.75, 3.05) is 0 Å². The molecule has 6 rings (SSSR count). The third-order valence-corrected chi connectivity index (χ3v) is 18.5. The van der Waals surface area contributed by atoms with Gasteiger partial charge in [-0.2, -0.15) is 6.66 Å². The molecule has 7 heteroatoms. The number of benzene rings is 4. The average Bonchev–Trinajstić information content (AvgIpc) is 3.31. The highest BCUT2D eigenvalue weighted by molar-refractivity contribution is 7.97. The molecule has 0 N–H and O–H groups in total. The lowest BCUT2D eigenvalue weighted by molar-refractivity contribution is 0.309. The molecule has 0 spiro atoms. The lowest BCUT2D eigenvalue weighted by Gasteiger charge is -2.55. The van der Waals surface area contributed by atoms with Gasteiger partial charge in [-0.15, -0.1) is 11.1 Å². The highest BCUT2D eigenvalue weighted by atomic mass is 31.2. The molecule has 1 nitrogen and oxygen atoms in total. The maximum Gasteiger partial charge on any atom is 0.164 e. The van der Waals surface area contributed by atoms with Crippen LogP contribution in [0.15, 0.2) is 97.1 Å². The molecule has 2 fully saturated rings. The molecule has 4 aromatic carbocycles. The summed E-state index contributed by atoms with van der Waals surface area (Å²) in [4.78, 5) is 0. The summed E-state index contributed by atoms with van der Waals surface area (Å²) in [5.74, 6) is -2.61. The monoisotopic (exact) mass is 593 g/mol. The normalized spacial score (nSPS) is 20.8. The molecular weight excluding hydrogens is 560 g/mol. The van der Waals surface area contributed by atoms with Crippen molar-refractivity contribution in [1.82, 2.24) is 4.44 Å². The second-order valence-corrected chi connectivity index (χ2v) is 17.9. The first-order valence-electron chi connectivity index (χ1n) is 14.0. The Bertz CT molecular complexity index is 1430. The minimum absolute atomic E-state index is 0.00227. The minimum atomic E-state index is -3.52. The Balaban J connectivity index is 1.68. The predicted molar refractivity (Wildman–Crippen MR) is 164 cm³/mol. The summed E-state index contributed by atoms with van der Waals surface area (Å²) in [5.41, 5.74) is 2.27. The first-order chi connectivity index (χ1) is 19.7. The molecule has 212 valence electrons. The smallest absolute Gasteiger partial charge is 0.164 e. The van der Waals surface area contributed by atoms with Gasteiger partial charge in [-0.1, -0.05) is 60.7 Å². The summed E-state index contributed by atoms with van der Waals surface area (Å²) in [6.45, 7) is 9.78. The van der Waals surface area contributed by atoms with E-state index in [4.69, 9.17) is 6.66 Å². The van der Waals surface area contributed by atoms with Crippen molar-refractivity contribution in [2.45, 2.75) is 49.5 Å². The quantitative estimate of drug-likeness (QED) is 0.117. The molecule has 0 amide bonds. The van der Waals surface area contributed by atoms with Gasteiger partial charge < -0.3 is 0 Å². The Morgan fingerprint density at radius 3 is 1.46 bits per heavy atom. The molecular formula is C34H33F4NP2. The van der Waals surface area contributed by atoms with E-state index < -0.39 is 38.1 Å². The van der Waals surface area contributed by atoms with E-state index in [2.05, 4.69) is 35.4 Å². The lowest BCUT2D eigenvalue weighted by atomic mass is 9.94. The van der Waals surface area contributed by atoms with Crippen LogP contribution in [0, 0.1) is 36.6 Å². The lowest BCUT2D eigenvalue weighted by Crippen LogP contribution is -2.46. The molecule has 41 heavy (non-hydrogen) atoms. The van der Waals surface area contributed by atoms with Gasteiger partial charge in [-0.3, -0.25) is 0 Å². The third-order valence-electron chi connectivity index (χ3n) is 8.91. The fraction of sp³-hybridized carbons (Fsp3) is 0.235. The maximum absolute atomic E-state index is 16.0. The van der Waals surface area contributed by atoms with Crippen molar-refractivity contribution in [3.63, 3.8) is 0 Å². The van der Waals surface area contributed by atoms with Crippen molar-refractivity contribution in [1.29, 1.82) is 0 Å². The summed E-state index contributed by atoms with van der Waals surface area (Å²) in [6.07, 6.45) is 4.28. The van der Waals surface area contributed by atoms with Crippen LogP contribution in [0.3, 0.4) is 0 Å². The number of rotatable bonds is 7. The molecule has 0 unspecified atom stereocenters. The van der Waals surface area contributed by atoms with Crippen LogP contribution in [0.5, 0.6) is 0 Å². The van der Waals surface area contributed by atoms with Crippen LogP contribution in [-0.2, 0) is 0 Å². The van der Waals surface area contributed by atoms with E-state index in [9.17, 15) is 8.78 Å². The summed E-state index contributed by atoms with van der Waals surface area (Å²) < 4.78 is 64.0. The maximum atomic E-state index is 16.0. The van der Waals surface area contributed by atoms with Crippen LogP contribution in [0.1, 0.15) is 54.5 Å². The zero-order valence-electron chi connectivity index (χ0n) is 22.8. The fourth-order valence-corrected chi connectivity index (χ4v) is 17.9. The average molecular weight is 594 g/mol. The van der Waals surface area contributed by atoms with E-state index in [1.54, 1.807) is 0 Å². The Hall–Kier alpha value is -2.58. The second kappa shape index (κ2) is 11.3. The standard InChI is InChI=1S/C34H33F4NP2/c1-40(31(24-10-5-3-6-11-24)20-21-32(40)25-12-7-4-8-13-25)39(28-14-9-15-28)41(2,33-22-26(35)16-18-29(33)37)34-23-27(36)17-19-30(34)38/h3-8,10-13,16-19,22-23,28,31-32H,1-2,9,14-15,20-21H2/t31-,32-/m0/s1. The molecule has 2 atom stereocenters. The van der Waals surface area contributed by atoms with Crippen LogP contribution in [0.2, 0.25) is 0 Å². The molecule has 1 heterocycles. The molecule has 1 aliphatic heterocycles. The first-order valence-corrected chi connectivity index (χ1v) is 18.0. The second-order valence-electron chi connectivity index (χ2n) is 11.2. The van der Waals surface area contributed by atoms with Gasteiger partial charge in [0.2, 0.25) is 0 Å². The predicted octanol–water partition coefficient (Wildman–Crippen LogP) is 9.77. The Morgan fingerprint density at radius 1 is 0.634 bits per heavy atom. The van der Waals surface area contributed by atoms with Crippen molar-refractivity contribution >= 4 is 25.4 Å². The Labute approximate surface area is 241 Å². The largest absolute Gasteiger partial charge is 0.207 e. The van der Waals surface area contributed by atoms with Gasteiger partial charge >= 0.3 is 0 Å². The van der Waals surface area contributed by atoms with E-state index in [-0.39, 0.29) is 28.0 Å². The fourth-order valence-electron chi connectivity index (χ4n) is 6.84. The SMILES string of the molecule is [CH2-][P+](c1cc(F)ccc1F)(c1cc(F)ccc1F)N(C1CCC1)[P+]1([CH2-])[C@H](c2ccccc2)CC[C@H]1c1ccccc1. The van der Waals surface area contributed by atoms with Gasteiger partial charge in [-0.25, -0.2) is 17.6 Å². The highest BCUT2D eigenvalue weighted by Crippen LogP contribution is 2.92. The van der Waals surface area contributed by atoms with E-state index in [1.807, 2.05) is 36.4 Å². The van der Waals surface area contributed by atoms with E-state index in [0.717, 1.165) is 79.6 Å². The number of hydrogen-bond donors (Lipinski definition) is 0. The van der Waals surface area contributed by atoms with E-state index in [1.165, 1.54) is 0 Å². The summed E-state index contributed by atoms with van der Waals surface area (Å²) in [6, 6.07) is 26.9. The highest BCUT2D eigenvalue weighted by Gasteiger charge is 2.64. The zero-order valence-corrected chi connectivity index (χ0v) is 24.6. The Kier molecular flexibility index (Phi) is 7.83. The Morgan fingerprint density at radius 2 is 1.07 bits per heavy atom. The topological polar surface area (TPSA) is 3.24 Å². The van der Waals surface area contributed by atoms with Crippen LogP contribution in [-0.4, -0.2) is 10.5 Å². The van der Waals surface area contributed by atoms with E-state index in [0.29, 0.717) is 0 Å². The van der Waals surface area contributed by atoms with Gasteiger partial charge in [0, 0.05) is 19.5 Å². The minimum Gasteiger partial charge on any atom is -0.207 e. The third kappa shape index (κ3) is 4.85. The van der Waals surface area contributed by atoms with Gasteiger partial charge in [0.1, 0.15) is 22.2 Å². The molecule has 1 saturated heterocycles. The van der Waals surface area contributed by atoms with Gasteiger partial charge in [0.15, 0.2) is 11.6 Å². The van der Waals surface area contributed by atoms with Crippen LogP contribution < -0.4 is 10.6 Å². The van der Waals surface area contributed by atoms with Crippen LogP contribution >= 0.6 is 14.8 Å². The first kappa shape index (κ1) is 28.5. The molecule has 4 aromatic rings. The van der Waals surface area contributed by atoms with E-state index >= 15 is 8.78 Å². The van der Waals surface area contributed by atoms with Crippen molar-refractivity contribution in [3.8, 4) is 0 Å². The van der Waals surface area contributed by atoms with Crippen LogP contribution in [0.4, 0.5) is 17.6 Å². The summed E-state index contributed by atoms with van der Waals surface area (Å²) in [5, 5.41) is 0.00453. The van der Waals surface area contributed by atoms with Crippen LogP contribution in [0.25, 0.3) is 0 Å². The summed E-state index contributed by atoms with van der Waals surface area (Å²) in [7, 11) is -6.17. The molecule has 1 aliphatic carbocycles. The number of halogens is 4. The van der Waals surface area contributed by atoms with Crippen molar-refractivity contribution in [2.24, 2.45) is 0 Å². The molecule has 0 radical (unpaired) electrons. The summed E-state index contributed by atoms with van der Waals surface area (Å²) >= 11 is 0. The van der Waals surface area contributed by atoms with Crippen molar-refractivity contribution in [3.05, 3.63) is 145 Å². The van der Waals surface area contributed by atoms with Gasteiger partial charge in [0.05, 0.1) is 24.8 Å². The van der Waals surface area contributed by atoms with Gasteiger partial charge in [-0.05, 0) is 67.5 Å². The number of nitrogens with zero attached hydrogens (tertiary/aromatic N) is 1. The molecule has 0 aromatic heterocycles. The zero-order chi connectivity index (χ0) is 28.8. The molecule has 0 bridgehead atoms.